The van der Waals surface area contributed by atoms with E-state index in [9.17, 15) is 14.9 Å². The summed E-state index contributed by atoms with van der Waals surface area (Å²) >= 11 is 0. The van der Waals surface area contributed by atoms with Crippen LogP contribution in [-0.2, 0) is 0 Å². The lowest BCUT2D eigenvalue weighted by Crippen LogP contribution is -2.38. The van der Waals surface area contributed by atoms with E-state index in [-0.39, 0.29) is 11.3 Å². The van der Waals surface area contributed by atoms with E-state index >= 15 is 0 Å². The average Bonchev–Trinajstić information content (AvgIpc) is 2.93. The van der Waals surface area contributed by atoms with Crippen LogP contribution < -0.4 is 14.4 Å². The number of carbonyl (C=O) groups excluding carboxylic acids is 1. The number of nitrogens with zero attached hydrogens (tertiary/aromatic N) is 3. The first-order valence-electron chi connectivity index (χ1n) is 11.0. The van der Waals surface area contributed by atoms with Crippen LogP contribution in [0.4, 0.5) is 17.1 Å². The topological polar surface area (TPSA) is 94.3 Å². The number of nitro groups is 1. The molecule has 0 atom stereocenters. The van der Waals surface area contributed by atoms with Gasteiger partial charge in [0.1, 0.15) is 23.0 Å². The zero-order chi connectivity index (χ0) is 25.5. The number of methoxy groups -OCH3 is 2. The number of amidine groups is 1. The van der Waals surface area contributed by atoms with Crippen LogP contribution in [0.2, 0.25) is 0 Å². The summed E-state index contributed by atoms with van der Waals surface area (Å²) in [7, 11) is 3.07. The molecule has 0 heterocycles. The highest BCUT2D eigenvalue weighted by Crippen LogP contribution is 2.34. The Morgan fingerprint density at radius 2 is 1.33 bits per heavy atom. The molecule has 1 amide bonds. The van der Waals surface area contributed by atoms with Gasteiger partial charge in [0, 0.05) is 23.3 Å². The lowest BCUT2D eigenvalue weighted by atomic mass is 10.1. The molecule has 0 spiro atoms. The molecule has 8 heteroatoms. The number of benzene rings is 4. The predicted molar refractivity (Wildman–Crippen MR) is 139 cm³/mol. The molecule has 180 valence electrons. The Morgan fingerprint density at radius 1 is 0.750 bits per heavy atom. The van der Waals surface area contributed by atoms with Gasteiger partial charge < -0.3 is 9.47 Å². The molecule has 0 saturated carbocycles. The number of hydrogen-bond donors (Lipinski definition) is 0. The quantitative estimate of drug-likeness (QED) is 0.139. The number of rotatable bonds is 7. The molecular weight excluding hydrogens is 458 g/mol. The van der Waals surface area contributed by atoms with Gasteiger partial charge in [-0.25, -0.2) is 4.99 Å². The van der Waals surface area contributed by atoms with Gasteiger partial charge in [-0.2, -0.15) is 0 Å². The maximum absolute atomic E-state index is 14.0. The van der Waals surface area contributed by atoms with Crippen molar-refractivity contribution in [1.82, 2.24) is 0 Å². The van der Waals surface area contributed by atoms with Gasteiger partial charge in [0.15, 0.2) is 0 Å². The van der Waals surface area contributed by atoms with E-state index in [1.807, 2.05) is 42.5 Å². The van der Waals surface area contributed by atoms with Crippen LogP contribution >= 0.6 is 0 Å². The van der Waals surface area contributed by atoms with Crippen LogP contribution in [0, 0.1) is 10.1 Å². The molecule has 4 aromatic rings. The molecule has 4 aromatic carbocycles. The highest BCUT2D eigenvalue weighted by molar-refractivity contribution is 6.28. The third-order valence-corrected chi connectivity index (χ3v) is 5.41. The first-order valence-corrected chi connectivity index (χ1v) is 11.0. The van der Waals surface area contributed by atoms with E-state index < -0.39 is 10.8 Å². The minimum atomic E-state index is -0.509. The fourth-order valence-corrected chi connectivity index (χ4v) is 3.66. The second-order valence-corrected chi connectivity index (χ2v) is 7.59. The summed E-state index contributed by atoms with van der Waals surface area (Å²) in [5, 5.41) is 11.1. The molecule has 0 bridgehead atoms. The van der Waals surface area contributed by atoms with Crippen LogP contribution in [-0.4, -0.2) is 30.9 Å². The zero-order valence-electron chi connectivity index (χ0n) is 19.7. The van der Waals surface area contributed by atoms with Crippen LogP contribution in [0.3, 0.4) is 0 Å². The Hall–Kier alpha value is -4.98. The van der Waals surface area contributed by atoms with Crippen molar-refractivity contribution in [2.24, 2.45) is 4.99 Å². The second kappa shape index (κ2) is 11.0. The highest BCUT2D eigenvalue weighted by Gasteiger charge is 2.28. The molecular formula is C28H23N3O5. The minimum Gasteiger partial charge on any atom is -0.495 e. The van der Waals surface area contributed by atoms with Crippen molar-refractivity contribution in [1.29, 1.82) is 0 Å². The fourth-order valence-electron chi connectivity index (χ4n) is 3.66. The second-order valence-electron chi connectivity index (χ2n) is 7.59. The van der Waals surface area contributed by atoms with Gasteiger partial charge in [-0.15, -0.1) is 0 Å². The normalized spacial score (nSPS) is 11.0. The number of para-hydroxylation sites is 4. The van der Waals surface area contributed by atoms with Crippen molar-refractivity contribution in [2.75, 3.05) is 19.1 Å². The molecule has 0 aromatic heterocycles. The van der Waals surface area contributed by atoms with Crippen molar-refractivity contribution in [3.05, 3.63) is 124 Å². The third kappa shape index (κ3) is 5.07. The Balaban J connectivity index is 1.97. The maximum atomic E-state index is 14.0. The summed E-state index contributed by atoms with van der Waals surface area (Å²) in [6, 6.07) is 29.0. The van der Waals surface area contributed by atoms with E-state index in [0.717, 1.165) is 0 Å². The fraction of sp³-hybridized carbons (Fsp3) is 0.0714. The van der Waals surface area contributed by atoms with E-state index in [2.05, 4.69) is 0 Å². The lowest BCUT2D eigenvalue weighted by Gasteiger charge is -2.26. The number of amides is 1. The average molecular weight is 482 g/mol. The molecule has 0 aliphatic heterocycles. The molecule has 0 fully saturated rings. The molecule has 36 heavy (non-hydrogen) atoms. The van der Waals surface area contributed by atoms with Crippen molar-refractivity contribution in [3.8, 4) is 11.5 Å². The van der Waals surface area contributed by atoms with E-state index in [1.165, 1.54) is 36.3 Å². The SMILES string of the molecule is COc1ccccc1N=C(c1ccccc1)N(C(=O)c1ccc([N+](=O)[O-])cc1)c1ccccc1OC. The van der Waals surface area contributed by atoms with E-state index in [4.69, 9.17) is 14.5 Å². The summed E-state index contributed by atoms with van der Waals surface area (Å²) in [5.74, 6) is 0.880. The first kappa shape index (κ1) is 24.2. The Bertz CT molecular complexity index is 1400. The highest BCUT2D eigenvalue weighted by atomic mass is 16.6. The smallest absolute Gasteiger partial charge is 0.269 e. The van der Waals surface area contributed by atoms with Crippen LogP contribution in [0.15, 0.2) is 108 Å². The molecule has 0 aliphatic rings. The van der Waals surface area contributed by atoms with Gasteiger partial charge in [0.25, 0.3) is 11.6 Å². The van der Waals surface area contributed by atoms with Crippen LogP contribution in [0.1, 0.15) is 15.9 Å². The number of carbonyl (C=O) groups is 1. The third-order valence-electron chi connectivity index (χ3n) is 5.41. The number of non-ortho nitro benzene ring substituents is 1. The molecule has 0 unspecified atom stereocenters. The molecule has 8 nitrogen and oxygen atoms in total. The van der Waals surface area contributed by atoms with Gasteiger partial charge in [-0.05, 0) is 36.4 Å². The summed E-state index contributed by atoms with van der Waals surface area (Å²) in [5.41, 5.74) is 1.79. The summed E-state index contributed by atoms with van der Waals surface area (Å²) in [4.78, 5) is 31.0. The van der Waals surface area contributed by atoms with Gasteiger partial charge in [0.05, 0.1) is 24.8 Å². The van der Waals surface area contributed by atoms with Gasteiger partial charge in [-0.1, -0.05) is 54.6 Å². The molecule has 4 rings (SSSR count). The van der Waals surface area contributed by atoms with Gasteiger partial charge in [0.2, 0.25) is 0 Å². The Morgan fingerprint density at radius 3 is 1.97 bits per heavy atom. The number of anilines is 1. The van der Waals surface area contributed by atoms with Crippen molar-refractivity contribution >= 4 is 28.8 Å². The van der Waals surface area contributed by atoms with Crippen LogP contribution in [0.25, 0.3) is 0 Å². The zero-order valence-corrected chi connectivity index (χ0v) is 19.7. The van der Waals surface area contributed by atoms with Crippen molar-refractivity contribution in [2.45, 2.75) is 0 Å². The molecule has 0 N–H and O–H groups in total. The van der Waals surface area contributed by atoms with Gasteiger partial charge in [-0.3, -0.25) is 19.8 Å². The monoisotopic (exact) mass is 481 g/mol. The molecule has 0 saturated heterocycles. The molecule has 0 radical (unpaired) electrons. The van der Waals surface area contributed by atoms with E-state index in [0.29, 0.717) is 34.3 Å². The summed E-state index contributed by atoms with van der Waals surface area (Å²) in [6.45, 7) is 0. The Kier molecular flexibility index (Phi) is 7.36. The number of hydrogen-bond acceptors (Lipinski definition) is 6. The maximum Gasteiger partial charge on any atom is 0.269 e. The summed E-state index contributed by atoms with van der Waals surface area (Å²) < 4.78 is 11.1. The number of nitro benzene ring substituents is 1. The van der Waals surface area contributed by atoms with Crippen molar-refractivity contribution in [3.63, 3.8) is 0 Å². The molecule has 0 aliphatic carbocycles. The standard InChI is InChI=1S/C28H23N3O5/c1-35-25-14-8-6-12-23(25)29-27(20-10-4-3-5-11-20)30(24-13-7-9-15-26(24)36-2)28(32)21-16-18-22(19-17-21)31(33)34/h3-19H,1-2H3. The first-order chi connectivity index (χ1) is 17.5. The largest absolute Gasteiger partial charge is 0.495 e. The lowest BCUT2D eigenvalue weighted by molar-refractivity contribution is -0.384. The number of ether oxygens (including phenoxy) is 2. The van der Waals surface area contributed by atoms with E-state index in [1.54, 1.807) is 43.5 Å². The van der Waals surface area contributed by atoms with Crippen molar-refractivity contribution < 1.29 is 19.2 Å². The number of aliphatic imine (C=N–C) groups is 1. The predicted octanol–water partition coefficient (Wildman–Crippen LogP) is 6.04. The summed E-state index contributed by atoms with van der Waals surface area (Å²) in [6.07, 6.45) is 0. The Labute approximate surface area is 208 Å². The van der Waals surface area contributed by atoms with Crippen LogP contribution in [0.5, 0.6) is 11.5 Å². The minimum absolute atomic E-state index is 0.110. The van der Waals surface area contributed by atoms with Gasteiger partial charge >= 0.3 is 0 Å².